The minimum Gasteiger partial charge on any atom is -0.379 e. The minimum absolute atomic E-state index is 0.327. The molecule has 0 spiro atoms. The number of likely N-dealkylation sites (N-methyl/N-ethyl adjacent to an activating group) is 1. The second-order valence-electron chi connectivity index (χ2n) is 10.1. The number of carbonyl (C=O) groups is 2. The van der Waals surface area contributed by atoms with Gasteiger partial charge in [0, 0.05) is 73.4 Å². The number of nitrogens with zero attached hydrogens (tertiary/aromatic N) is 5. The maximum Gasteiger partial charge on any atom is 0.261 e. The summed E-state index contributed by atoms with van der Waals surface area (Å²) in [4.78, 5) is 37.5. The molecule has 0 N–H and O–H groups in total. The Hall–Kier alpha value is -3.82. The van der Waals surface area contributed by atoms with E-state index in [1.54, 1.807) is 12.4 Å². The molecule has 6 heterocycles. The van der Waals surface area contributed by atoms with E-state index in [9.17, 15) is 9.59 Å². The summed E-state index contributed by atoms with van der Waals surface area (Å²) in [5.41, 5.74) is 3.29. The molecule has 0 aliphatic carbocycles. The van der Waals surface area contributed by atoms with Crippen LogP contribution in [0.15, 0.2) is 49.1 Å². The average Bonchev–Trinajstić information content (AvgIpc) is 3.50. The lowest BCUT2D eigenvalue weighted by Gasteiger charge is -2.25. The standard InChI is InChI=1S/C28H29N5O4/c1-28(2)8-13-36-14-11-32-16-20(18-6-4-9-29-24(18)32)22-23(27(35)31(3)26(22)34)21-17-33(12-15-37-28)25-19(21)7-5-10-30-25/h4-7,9-10,16-17H,8,11-15H2,1-3H3. The largest absolute Gasteiger partial charge is 0.379 e. The van der Waals surface area contributed by atoms with Gasteiger partial charge in [-0.15, -0.1) is 0 Å². The van der Waals surface area contributed by atoms with Gasteiger partial charge in [0.1, 0.15) is 11.3 Å². The van der Waals surface area contributed by atoms with Gasteiger partial charge in [0.15, 0.2) is 0 Å². The van der Waals surface area contributed by atoms with Crippen molar-refractivity contribution in [3.05, 3.63) is 60.2 Å². The number of aromatic nitrogens is 4. The fourth-order valence-electron chi connectivity index (χ4n) is 5.20. The fraction of sp³-hybridized carbons (Fsp3) is 0.357. The van der Waals surface area contributed by atoms with Gasteiger partial charge in [-0.25, -0.2) is 9.97 Å². The van der Waals surface area contributed by atoms with Crippen LogP contribution < -0.4 is 0 Å². The van der Waals surface area contributed by atoms with Crippen molar-refractivity contribution in [2.45, 2.75) is 39.0 Å². The lowest BCUT2D eigenvalue weighted by molar-refractivity contribution is -0.134. The zero-order chi connectivity index (χ0) is 25.7. The Morgan fingerprint density at radius 2 is 1.35 bits per heavy atom. The molecule has 190 valence electrons. The molecular formula is C28H29N5O4. The number of carbonyl (C=O) groups excluding carboxylic acids is 2. The molecule has 2 aliphatic rings. The summed E-state index contributed by atoms with van der Waals surface area (Å²) in [5.74, 6) is -0.654. The minimum atomic E-state index is -0.353. The van der Waals surface area contributed by atoms with Crippen molar-refractivity contribution in [2.24, 2.45) is 0 Å². The van der Waals surface area contributed by atoms with Crippen LogP contribution in [0.4, 0.5) is 0 Å². The summed E-state index contributed by atoms with van der Waals surface area (Å²) in [6.07, 6.45) is 8.07. The van der Waals surface area contributed by atoms with Gasteiger partial charge in [-0.05, 0) is 44.5 Å². The van der Waals surface area contributed by atoms with E-state index in [1.165, 1.54) is 11.9 Å². The van der Waals surface area contributed by atoms with Crippen LogP contribution in [0.25, 0.3) is 33.2 Å². The molecule has 9 nitrogen and oxygen atoms in total. The molecule has 0 fully saturated rings. The fourth-order valence-corrected chi connectivity index (χ4v) is 5.20. The average molecular weight is 500 g/mol. The monoisotopic (exact) mass is 499 g/mol. The highest BCUT2D eigenvalue weighted by atomic mass is 16.5. The number of imide groups is 1. The van der Waals surface area contributed by atoms with Crippen LogP contribution in [-0.4, -0.2) is 68.3 Å². The van der Waals surface area contributed by atoms with E-state index in [-0.39, 0.29) is 17.4 Å². The van der Waals surface area contributed by atoms with E-state index in [0.29, 0.717) is 55.2 Å². The van der Waals surface area contributed by atoms with Gasteiger partial charge in [-0.3, -0.25) is 14.5 Å². The summed E-state index contributed by atoms with van der Waals surface area (Å²) in [5, 5.41) is 1.64. The van der Waals surface area contributed by atoms with E-state index in [2.05, 4.69) is 23.8 Å². The van der Waals surface area contributed by atoms with Crippen LogP contribution in [0.2, 0.25) is 0 Å². The number of pyridine rings is 2. The van der Waals surface area contributed by atoms with Gasteiger partial charge in [-0.2, -0.15) is 0 Å². The first-order valence-corrected chi connectivity index (χ1v) is 12.5. The van der Waals surface area contributed by atoms with Gasteiger partial charge in [-0.1, -0.05) is 0 Å². The molecular weight excluding hydrogens is 470 g/mol. The van der Waals surface area contributed by atoms with Crippen LogP contribution in [-0.2, 0) is 32.2 Å². The zero-order valence-corrected chi connectivity index (χ0v) is 21.2. The molecule has 4 aromatic heterocycles. The van der Waals surface area contributed by atoms with Gasteiger partial charge >= 0.3 is 0 Å². The van der Waals surface area contributed by atoms with Crippen LogP contribution >= 0.6 is 0 Å². The smallest absolute Gasteiger partial charge is 0.261 e. The molecule has 37 heavy (non-hydrogen) atoms. The van der Waals surface area contributed by atoms with E-state index in [1.807, 2.05) is 45.8 Å². The molecule has 0 saturated heterocycles. The molecule has 9 heteroatoms. The third kappa shape index (κ3) is 3.95. The SMILES string of the molecule is CN1C(=O)C2=C(C1=O)c1cn(c3ncccc13)CCOC(C)(C)CCOCCn1cc2c2cccnc21. The van der Waals surface area contributed by atoms with Crippen molar-refractivity contribution < 1.29 is 19.1 Å². The Balaban J connectivity index is 1.61. The number of fused-ring (bicyclic) bond motifs is 12. The first-order chi connectivity index (χ1) is 17.9. The molecule has 0 atom stereocenters. The third-order valence-electron chi connectivity index (χ3n) is 7.24. The molecule has 0 unspecified atom stereocenters. The van der Waals surface area contributed by atoms with E-state index in [0.717, 1.165) is 28.5 Å². The summed E-state index contributed by atoms with van der Waals surface area (Å²) in [6.45, 7) is 6.79. The number of amides is 2. The third-order valence-corrected chi connectivity index (χ3v) is 7.24. The van der Waals surface area contributed by atoms with Crippen molar-refractivity contribution >= 4 is 45.0 Å². The molecule has 4 bridgehead atoms. The summed E-state index contributed by atoms with van der Waals surface area (Å²) in [7, 11) is 1.53. The molecule has 0 radical (unpaired) electrons. The van der Waals surface area contributed by atoms with Gasteiger partial charge in [0.2, 0.25) is 0 Å². The summed E-state index contributed by atoms with van der Waals surface area (Å²) in [6, 6.07) is 7.59. The number of hydrogen-bond acceptors (Lipinski definition) is 6. The van der Waals surface area contributed by atoms with Gasteiger partial charge in [0.25, 0.3) is 11.8 Å². The molecule has 0 aromatic carbocycles. The second kappa shape index (κ2) is 8.93. The Kier molecular flexibility index (Phi) is 5.69. The predicted octanol–water partition coefficient (Wildman–Crippen LogP) is 3.51. The Labute approximate surface area is 214 Å². The highest BCUT2D eigenvalue weighted by Gasteiger charge is 2.40. The summed E-state index contributed by atoms with van der Waals surface area (Å²) < 4.78 is 16.2. The first-order valence-electron chi connectivity index (χ1n) is 12.5. The Bertz CT molecular complexity index is 1580. The van der Waals surface area contributed by atoms with Crippen molar-refractivity contribution in [1.29, 1.82) is 0 Å². The number of rotatable bonds is 0. The number of hydrogen-bond donors (Lipinski definition) is 0. The van der Waals surface area contributed by atoms with Crippen LogP contribution in [0.5, 0.6) is 0 Å². The van der Waals surface area contributed by atoms with Crippen LogP contribution in [0.1, 0.15) is 31.4 Å². The number of ether oxygens (including phenoxy) is 2. The molecule has 0 saturated carbocycles. The van der Waals surface area contributed by atoms with Gasteiger partial charge < -0.3 is 18.6 Å². The van der Waals surface area contributed by atoms with Crippen molar-refractivity contribution in [3.63, 3.8) is 0 Å². The highest BCUT2D eigenvalue weighted by Crippen LogP contribution is 2.40. The van der Waals surface area contributed by atoms with Crippen molar-refractivity contribution in [1.82, 2.24) is 24.0 Å². The summed E-state index contributed by atoms with van der Waals surface area (Å²) >= 11 is 0. The van der Waals surface area contributed by atoms with Gasteiger partial charge in [0.05, 0.1) is 30.0 Å². The maximum atomic E-state index is 13.6. The van der Waals surface area contributed by atoms with Crippen molar-refractivity contribution in [3.8, 4) is 0 Å². The molecule has 2 amide bonds. The quantitative estimate of drug-likeness (QED) is 0.344. The first kappa shape index (κ1) is 23.6. The van der Waals surface area contributed by atoms with Crippen LogP contribution in [0, 0.1) is 0 Å². The maximum absolute atomic E-state index is 13.6. The topological polar surface area (TPSA) is 91.5 Å². The van der Waals surface area contributed by atoms with Crippen LogP contribution in [0.3, 0.4) is 0 Å². The van der Waals surface area contributed by atoms with Crippen molar-refractivity contribution in [2.75, 3.05) is 26.9 Å². The second-order valence-corrected chi connectivity index (χ2v) is 10.1. The highest BCUT2D eigenvalue weighted by molar-refractivity contribution is 6.50. The normalized spacial score (nSPS) is 19.1. The lowest BCUT2D eigenvalue weighted by Crippen LogP contribution is -2.28. The zero-order valence-electron chi connectivity index (χ0n) is 21.2. The Morgan fingerprint density at radius 1 is 0.811 bits per heavy atom. The Morgan fingerprint density at radius 3 is 1.92 bits per heavy atom. The van der Waals surface area contributed by atoms with E-state index < -0.39 is 0 Å². The van der Waals surface area contributed by atoms with E-state index in [4.69, 9.17) is 9.47 Å². The lowest BCUT2D eigenvalue weighted by atomic mass is 9.96. The predicted molar refractivity (Wildman–Crippen MR) is 140 cm³/mol. The molecule has 2 aliphatic heterocycles. The molecule has 6 rings (SSSR count). The molecule has 4 aromatic rings. The van der Waals surface area contributed by atoms with E-state index >= 15 is 0 Å².